The number of nitrogens with zero attached hydrogens (tertiary/aromatic N) is 1. The Hall–Kier alpha value is -0.800. The zero-order chi connectivity index (χ0) is 12.4. The van der Waals surface area contributed by atoms with E-state index in [9.17, 15) is 0 Å². The minimum Gasteiger partial charge on any atom is -0.345 e. The van der Waals surface area contributed by atoms with E-state index >= 15 is 0 Å². The fraction of sp³-hybridized carbons (Fsp3) is 0.429. The Balaban J connectivity index is 2.59. The van der Waals surface area contributed by atoms with Crippen LogP contribution in [0.3, 0.4) is 0 Å². The Morgan fingerprint density at radius 2 is 2.12 bits per heavy atom. The molecule has 2 N–H and O–H groups in total. The van der Waals surface area contributed by atoms with Gasteiger partial charge in [-0.15, -0.1) is 0 Å². The van der Waals surface area contributed by atoms with Gasteiger partial charge in [-0.05, 0) is 50.9 Å². The molecule has 1 aromatic carbocycles. The molecule has 0 radical (unpaired) electrons. The molecule has 1 aromatic heterocycles. The van der Waals surface area contributed by atoms with Gasteiger partial charge >= 0.3 is 0 Å². The number of aromatic nitrogens is 1. The summed E-state index contributed by atoms with van der Waals surface area (Å²) in [6, 6.07) is 6.88. The molecule has 92 valence electrons. The molecule has 2 nitrogen and oxygen atoms in total. The third-order valence-electron chi connectivity index (χ3n) is 3.09. The van der Waals surface area contributed by atoms with Crippen LogP contribution in [0.1, 0.15) is 31.9 Å². The van der Waals surface area contributed by atoms with Crippen molar-refractivity contribution in [3.8, 4) is 0 Å². The van der Waals surface area contributed by atoms with E-state index in [0.717, 1.165) is 19.4 Å². The lowest BCUT2D eigenvalue weighted by molar-refractivity contribution is 0.620. The first kappa shape index (κ1) is 12.7. The van der Waals surface area contributed by atoms with Crippen LogP contribution in [0.15, 0.2) is 28.9 Å². The second kappa shape index (κ2) is 5.23. The van der Waals surface area contributed by atoms with Gasteiger partial charge < -0.3 is 10.3 Å². The minimum absolute atomic E-state index is 0.485. The summed E-state index contributed by atoms with van der Waals surface area (Å²) in [5.41, 5.74) is 8.31. The van der Waals surface area contributed by atoms with Crippen molar-refractivity contribution >= 4 is 26.8 Å². The number of aryl methyl sites for hydroxylation is 1. The van der Waals surface area contributed by atoms with Crippen molar-refractivity contribution in [3.63, 3.8) is 0 Å². The average Bonchev–Trinajstić information content (AvgIpc) is 2.67. The van der Waals surface area contributed by atoms with Gasteiger partial charge in [-0.25, -0.2) is 0 Å². The van der Waals surface area contributed by atoms with Crippen LogP contribution in [-0.2, 0) is 6.42 Å². The lowest BCUT2D eigenvalue weighted by Gasteiger charge is -2.08. The Morgan fingerprint density at radius 3 is 2.76 bits per heavy atom. The highest BCUT2D eigenvalue weighted by molar-refractivity contribution is 9.10. The third kappa shape index (κ3) is 2.40. The van der Waals surface area contributed by atoms with Crippen LogP contribution in [0.5, 0.6) is 0 Å². The maximum atomic E-state index is 5.61. The molecule has 0 saturated carbocycles. The number of rotatable bonds is 4. The Morgan fingerprint density at radius 1 is 1.35 bits per heavy atom. The van der Waals surface area contributed by atoms with Crippen molar-refractivity contribution in [3.05, 3.63) is 34.4 Å². The molecular weight excluding hydrogens is 276 g/mol. The predicted molar refractivity (Wildman–Crippen MR) is 77.4 cm³/mol. The normalized spacial score (nSPS) is 11.6. The number of nitrogens with two attached hydrogens (primary N) is 1. The summed E-state index contributed by atoms with van der Waals surface area (Å²) in [6.45, 7) is 5.18. The number of fused-ring (bicyclic) bond motifs is 1. The van der Waals surface area contributed by atoms with Crippen LogP contribution in [0, 0.1) is 0 Å². The van der Waals surface area contributed by atoms with Gasteiger partial charge in [-0.3, -0.25) is 0 Å². The summed E-state index contributed by atoms with van der Waals surface area (Å²) in [7, 11) is 0. The van der Waals surface area contributed by atoms with Crippen molar-refractivity contribution in [2.75, 3.05) is 6.54 Å². The second-order valence-corrected chi connectivity index (χ2v) is 5.54. The molecule has 0 fully saturated rings. The molecule has 0 amide bonds. The van der Waals surface area contributed by atoms with Crippen LogP contribution >= 0.6 is 15.9 Å². The molecular formula is C14H19BrN2. The quantitative estimate of drug-likeness (QED) is 0.912. The van der Waals surface area contributed by atoms with E-state index < -0.39 is 0 Å². The zero-order valence-electron chi connectivity index (χ0n) is 10.4. The van der Waals surface area contributed by atoms with Gasteiger partial charge in [0, 0.05) is 27.6 Å². The number of benzene rings is 1. The molecule has 0 saturated heterocycles. The molecule has 2 aromatic rings. The molecule has 2 rings (SSSR count). The fourth-order valence-corrected chi connectivity index (χ4v) is 2.87. The summed E-state index contributed by atoms with van der Waals surface area (Å²) >= 11 is 3.66. The molecule has 17 heavy (non-hydrogen) atoms. The van der Waals surface area contributed by atoms with Gasteiger partial charge in [0.1, 0.15) is 0 Å². The molecule has 0 unspecified atom stereocenters. The first-order valence-electron chi connectivity index (χ1n) is 6.13. The summed E-state index contributed by atoms with van der Waals surface area (Å²) in [5.74, 6) is 0. The van der Waals surface area contributed by atoms with Crippen molar-refractivity contribution in [2.45, 2.75) is 32.7 Å². The predicted octanol–water partition coefficient (Wildman–Crippen LogP) is 3.88. The lowest BCUT2D eigenvalue weighted by Crippen LogP contribution is -2.00. The first-order valence-corrected chi connectivity index (χ1v) is 6.92. The molecule has 3 heteroatoms. The summed E-state index contributed by atoms with van der Waals surface area (Å²) in [6.07, 6.45) is 4.36. The Bertz CT molecular complexity index is 514. The highest BCUT2D eigenvalue weighted by Crippen LogP contribution is 2.31. The van der Waals surface area contributed by atoms with E-state index in [0.29, 0.717) is 6.04 Å². The van der Waals surface area contributed by atoms with Gasteiger partial charge in [0.25, 0.3) is 0 Å². The maximum Gasteiger partial charge on any atom is 0.0497 e. The van der Waals surface area contributed by atoms with E-state index in [1.54, 1.807) is 0 Å². The molecule has 1 heterocycles. The van der Waals surface area contributed by atoms with Crippen molar-refractivity contribution in [1.29, 1.82) is 0 Å². The number of halogens is 1. The SMILES string of the molecule is CC(C)n1cc(CCCN)c2c(Br)cccc21. The Labute approximate surface area is 111 Å². The first-order chi connectivity index (χ1) is 8.15. The minimum atomic E-state index is 0.485. The molecule has 0 aliphatic heterocycles. The van der Waals surface area contributed by atoms with Gasteiger partial charge in [-0.1, -0.05) is 22.0 Å². The fourth-order valence-electron chi connectivity index (χ4n) is 2.26. The maximum absolute atomic E-state index is 5.61. The molecule has 0 bridgehead atoms. The van der Waals surface area contributed by atoms with Crippen LogP contribution in [0.4, 0.5) is 0 Å². The molecule has 0 aliphatic carbocycles. The standard InChI is InChI=1S/C14H19BrN2/c1-10(2)17-9-11(5-4-8-16)14-12(15)6-3-7-13(14)17/h3,6-7,9-10H,4-5,8,16H2,1-2H3. The summed E-state index contributed by atoms with van der Waals surface area (Å²) in [5, 5.41) is 1.34. The van der Waals surface area contributed by atoms with Gasteiger partial charge in [-0.2, -0.15) is 0 Å². The number of hydrogen-bond acceptors (Lipinski definition) is 1. The van der Waals surface area contributed by atoms with Crippen molar-refractivity contribution in [2.24, 2.45) is 5.73 Å². The van der Waals surface area contributed by atoms with Crippen LogP contribution < -0.4 is 5.73 Å². The monoisotopic (exact) mass is 294 g/mol. The summed E-state index contributed by atoms with van der Waals surface area (Å²) in [4.78, 5) is 0. The van der Waals surface area contributed by atoms with E-state index in [1.807, 2.05) is 0 Å². The second-order valence-electron chi connectivity index (χ2n) is 4.68. The molecule has 0 spiro atoms. The van der Waals surface area contributed by atoms with Gasteiger partial charge in [0.15, 0.2) is 0 Å². The lowest BCUT2D eigenvalue weighted by atomic mass is 10.1. The van der Waals surface area contributed by atoms with E-state index in [1.165, 1.54) is 20.9 Å². The highest BCUT2D eigenvalue weighted by atomic mass is 79.9. The average molecular weight is 295 g/mol. The Kier molecular flexibility index (Phi) is 3.89. The van der Waals surface area contributed by atoms with Crippen molar-refractivity contribution < 1.29 is 0 Å². The summed E-state index contributed by atoms with van der Waals surface area (Å²) < 4.78 is 3.52. The van der Waals surface area contributed by atoms with Crippen LogP contribution in [0.25, 0.3) is 10.9 Å². The van der Waals surface area contributed by atoms with Crippen LogP contribution in [0.2, 0.25) is 0 Å². The third-order valence-corrected chi connectivity index (χ3v) is 3.75. The smallest absolute Gasteiger partial charge is 0.0497 e. The molecule has 0 aliphatic rings. The largest absolute Gasteiger partial charge is 0.345 e. The van der Waals surface area contributed by atoms with Crippen molar-refractivity contribution in [1.82, 2.24) is 4.57 Å². The number of hydrogen-bond donors (Lipinski definition) is 1. The van der Waals surface area contributed by atoms with Gasteiger partial charge in [0.05, 0.1) is 0 Å². The molecule has 0 atom stereocenters. The van der Waals surface area contributed by atoms with E-state index in [4.69, 9.17) is 5.73 Å². The van der Waals surface area contributed by atoms with Gasteiger partial charge in [0.2, 0.25) is 0 Å². The zero-order valence-corrected chi connectivity index (χ0v) is 12.0. The van der Waals surface area contributed by atoms with Crippen LogP contribution in [-0.4, -0.2) is 11.1 Å². The van der Waals surface area contributed by atoms with E-state index in [-0.39, 0.29) is 0 Å². The van der Waals surface area contributed by atoms with E-state index in [2.05, 4.69) is 58.7 Å². The topological polar surface area (TPSA) is 30.9 Å². The highest BCUT2D eigenvalue weighted by Gasteiger charge is 2.12.